The van der Waals surface area contributed by atoms with Crippen molar-refractivity contribution < 1.29 is 19.1 Å². The topological polar surface area (TPSA) is 64.6 Å². The summed E-state index contributed by atoms with van der Waals surface area (Å²) in [6.45, 7) is 6.07. The first kappa shape index (κ1) is 14.8. The quantitative estimate of drug-likeness (QED) is 0.485. The van der Waals surface area contributed by atoms with Crippen LogP contribution in [0.1, 0.15) is 13.3 Å². The zero-order valence-electron chi connectivity index (χ0n) is 11.1. The highest BCUT2D eigenvalue weighted by molar-refractivity contribution is 6.01. The zero-order chi connectivity index (χ0) is 14.3. The van der Waals surface area contributed by atoms with Gasteiger partial charge in [0.25, 0.3) is 0 Å². The Morgan fingerprint density at radius 2 is 1.89 bits per heavy atom. The van der Waals surface area contributed by atoms with Gasteiger partial charge in [0.15, 0.2) is 0 Å². The number of benzene rings is 1. The number of methoxy groups -OCH3 is 1. The van der Waals surface area contributed by atoms with Crippen molar-refractivity contribution in [1.29, 1.82) is 0 Å². The molecule has 0 atom stereocenters. The number of amides is 1. The third kappa shape index (κ3) is 5.72. The molecule has 1 aromatic carbocycles. The summed E-state index contributed by atoms with van der Waals surface area (Å²) < 4.78 is 9.83. The van der Waals surface area contributed by atoms with Crippen LogP contribution in [0.3, 0.4) is 0 Å². The molecule has 0 aliphatic rings. The summed E-state index contributed by atoms with van der Waals surface area (Å²) in [5.74, 6) is -0.296. The second-order valence-electron chi connectivity index (χ2n) is 4.07. The second kappa shape index (κ2) is 7.20. The molecule has 0 radical (unpaired) electrons. The highest BCUT2D eigenvalue weighted by Crippen LogP contribution is 2.16. The van der Waals surface area contributed by atoms with Gasteiger partial charge in [0.2, 0.25) is 5.91 Å². The van der Waals surface area contributed by atoms with E-state index in [2.05, 4.69) is 16.6 Å². The average molecular weight is 263 g/mol. The smallest absolute Gasteiger partial charge is 0.315 e. The number of esters is 1. The molecule has 0 aliphatic heterocycles. The predicted octanol–water partition coefficient (Wildman–Crippen LogP) is 2.14. The third-order valence-electron chi connectivity index (χ3n) is 2.16. The van der Waals surface area contributed by atoms with Gasteiger partial charge in [-0.3, -0.25) is 9.59 Å². The maximum atomic E-state index is 11.4. The first-order valence-electron chi connectivity index (χ1n) is 5.75. The van der Waals surface area contributed by atoms with Crippen molar-refractivity contribution in [3.63, 3.8) is 0 Å². The molecule has 19 heavy (non-hydrogen) atoms. The Morgan fingerprint density at radius 1 is 1.26 bits per heavy atom. The van der Waals surface area contributed by atoms with E-state index in [4.69, 9.17) is 4.74 Å². The lowest BCUT2D eigenvalue weighted by atomic mass is 10.3. The van der Waals surface area contributed by atoms with Crippen molar-refractivity contribution in [3.8, 4) is 5.75 Å². The number of rotatable bonds is 6. The minimum Gasteiger partial charge on any atom is -0.489 e. The van der Waals surface area contributed by atoms with E-state index in [1.165, 1.54) is 7.11 Å². The molecule has 1 N–H and O–H groups in total. The number of anilines is 1. The molecule has 0 aromatic heterocycles. The highest BCUT2D eigenvalue weighted by Gasteiger charge is 2.09. The molecule has 1 amide bonds. The van der Waals surface area contributed by atoms with Gasteiger partial charge < -0.3 is 14.8 Å². The minimum atomic E-state index is -0.570. The summed E-state index contributed by atoms with van der Waals surface area (Å²) in [5, 5.41) is 2.59. The monoisotopic (exact) mass is 263 g/mol. The molecule has 102 valence electrons. The van der Waals surface area contributed by atoms with Gasteiger partial charge in [-0.2, -0.15) is 0 Å². The Labute approximate surface area is 112 Å². The normalized spacial score (nSPS) is 9.58. The Morgan fingerprint density at radius 3 is 2.42 bits per heavy atom. The van der Waals surface area contributed by atoms with E-state index >= 15 is 0 Å². The van der Waals surface area contributed by atoms with Crippen molar-refractivity contribution in [3.05, 3.63) is 36.4 Å². The summed E-state index contributed by atoms with van der Waals surface area (Å²) in [6, 6.07) is 6.86. The van der Waals surface area contributed by atoms with E-state index in [1.54, 1.807) is 24.3 Å². The Hall–Kier alpha value is -2.30. The van der Waals surface area contributed by atoms with Crippen LogP contribution in [0.25, 0.3) is 0 Å². The fourth-order valence-electron chi connectivity index (χ4n) is 1.25. The van der Waals surface area contributed by atoms with Crippen LogP contribution in [0.4, 0.5) is 5.69 Å². The Bertz CT molecular complexity index is 465. The molecule has 0 bridgehead atoms. The zero-order valence-corrected chi connectivity index (χ0v) is 11.1. The molecule has 0 fully saturated rings. The standard InChI is InChI=1S/C14H17NO4/c1-10(2)9-19-12-6-4-11(5-7-12)15-13(16)8-14(17)18-3/h4-7H,1,8-9H2,2-3H3,(H,15,16). The fraction of sp³-hybridized carbons (Fsp3) is 0.286. The molecule has 0 saturated heterocycles. The van der Waals surface area contributed by atoms with E-state index in [9.17, 15) is 9.59 Å². The first-order chi connectivity index (χ1) is 9.01. The van der Waals surface area contributed by atoms with Crippen LogP contribution >= 0.6 is 0 Å². The van der Waals surface area contributed by atoms with Gasteiger partial charge in [0.05, 0.1) is 7.11 Å². The van der Waals surface area contributed by atoms with Crippen LogP contribution in [-0.2, 0) is 14.3 Å². The number of nitrogens with one attached hydrogen (secondary N) is 1. The van der Waals surface area contributed by atoms with Crippen molar-refractivity contribution >= 4 is 17.6 Å². The van der Waals surface area contributed by atoms with Gasteiger partial charge in [-0.05, 0) is 36.8 Å². The fourth-order valence-corrected chi connectivity index (χ4v) is 1.25. The molecule has 0 aliphatic carbocycles. The van der Waals surface area contributed by atoms with E-state index in [1.807, 2.05) is 6.92 Å². The molecular weight excluding hydrogens is 246 g/mol. The summed E-state index contributed by atoms with van der Waals surface area (Å²) in [4.78, 5) is 22.3. The third-order valence-corrected chi connectivity index (χ3v) is 2.16. The molecular formula is C14H17NO4. The lowest BCUT2D eigenvalue weighted by Gasteiger charge is -2.07. The summed E-state index contributed by atoms with van der Waals surface area (Å²) in [7, 11) is 1.24. The lowest BCUT2D eigenvalue weighted by Crippen LogP contribution is -2.17. The molecule has 1 aromatic rings. The number of carbonyl (C=O) groups is 2. The van der Waals surface area contributed by atoms with Crippen molar-refractivity contribution in [2.45, 2.75) is 13.3 Å². The number of ether oxygens (including phenoxy) is 2. The van der Waals surface area contributed by atoms with E-state index in [0.717, 1.165) is 5.57 Å². The summed E-state index contributed by atoms with van der Waals surface area (Å²) >= 11 is 0. The van der Waals surface area contributed by atoms with E-state index in [-0.39, 0.29) is 6.42 Å². The van der Waals surface area contributed by atoms with Crippen molar-refractivity contribution in [2.24, 2.45) is 0 Å². The Kier molecular flexibility index (Phi) is 5.60. The lowest BCUT2D eigenvalue weighted by molar-refractivity contribution is -0.142. The van der Waals surface area contributed by atoms with Crippen LogP contribution in [0.5, 0.6) is 5.75 Å². The van der Waals surface area contributed by atoms with Gasteiger partial charge in [-0.1, -0.05) is 6.58 Å². The summed E-state index contributed by atoms with van der Waals surface area (Å²) in [5.41, 5.74) is 1.52. The van der Waals surface area contributed by atoms with Gasteiger partial charge in [-0.25, -0.2) is 0 Å². The van der Waals surface area contributed by atoms with Crippen molar-refractivity contribution in [2.75, 3.05) is 19.0 Å². The Balaban J connectivity index is 2.50. The SMILES string of the molecule is C=C(C)COc1ccc(NC(=O)CC(=O)OC)cc1. The van der Waals surface area contributed by atoms with E-state index < -0.39 is 11.9 Å². The second-order valence-corrected chi connectivity index (χ2v) is 4.07. The molecule has 0 saturated carbocycles. The predicted molar refractivity (Wildman–Crippen MR) is 72.0 cm³/mol. The molecule has 5 nitrogen and oxygen atoms in total. The number of hydrogen-bond donors (Lipinski definition) is 1. The van der Waals surface area contributed by atoms with Crippen LogP contribution in [0, 0.1) is 0 Å². The maximum Gasteiger partial charge on any atom is 0.315 e. The van der Waals surface area contributed by atoms with Gasteiger partial charge in [-0.15, -0.1) is 0 Å². The minimum absolute atomic E-state index is 0.301. The molecule has 5 heteroatoms. The van der Waals surface area contributed by atoms with Crippen LogP contribution in [0.15, 0.2) is 36.4 Å². The number of carbonyl (C=O) groups excluding carboxylic acids is 2. The molecule has 0 heterocycles. The average Bonchev–Trinajstić information content (AvgIpc) is 2.37. The van der Waals surface area contributed by atoms with Crippen LogP contribution in [-0.4, -0.2) is 25.6 Å². The molecule has 0 unspecified atom stereocenters. The van der Waals surface area contributed by atoms with Gasteiger partial charge >= 0.3 is 5.97 Å². The largest absolute Gasteiger partial charge is 0.489 e. The van der Waals surface area contributed by atoms with Crippen molar-refractivity contribution in [1.82, 2.24) is 0 Å². The first-order valence-corrected chi connectivity index (χ1v) is 5.75. The van der Waals surface area contributed by atoms with Gasteiger partial charge in [0, 0.05) is 5.69 Å². The molecule has 0 spiro atoms. The molecule has 1 rings (SSSR count). The maximum absolute atomic E-state index is 11.4. The van der Waals surface area contributed by atoms with E-state index in [0.29, 0.717) is 18.0 Å². The van der Waals surface area contributed by atoms with Crippen LogP contribution < -0.4 is 10.1 Å². The van der Waals surface area contributed by atoms with Gasteiger partial charge in [0.1, 0.15) is 18.8 Å². The van der Waals surface area contributed by atoms with Crippen LogP contribution in [0.2, 0.25) is 0 Å². The number of hydrogen-bond acceptors (Lipinski definition) is 4. The summed E-state index contributed by atoms with van der Waals surface area (Å²) in [6.07, 6.45) is -0.301. The highest BCUT2D eigenvalue weighted by atomic mass is 16.5.